The number of aromatic nitrogens is 3. The monoisotopic (exact) mass is 586 g/mol. The summed E-state index contributed by atoms with van der Waals surface area (Å²) < 4.78 is 0. The summed E-state index contributed by atoms with van der Waals surface area (Å²) in [5.74, 6) is 1.89. The second-order valence-corrected chi connectivity index (χ2v) is 11.1. The Labute approximate surface area is 266 Å². The van der Waals surface area contributed by atoms with Crippen molar-refractivity contribution >= 4 is 21.5 Å². The largest absolute Gasteiger partial charge is 0.208 e. The van der Waals surface area contributed by atoms with E-state index in [1.807, 2.05) is 84.9 Å². The van der Waals surface area contributed by atoms with Crippen LogP contribution in [0.5, 0.6) is 0 Å². The highest BCUT2D eigenvalue weighted by Gasteiger charge is 2.16. The Morgan fingerprint density at radius 1 is 0.370 bits per heavy atom. The molecule has 0 fully saturated rings. The molecule has 0 aliphatic carbocycles. The Morgan fingerprint density at radius 3 is 1.54 bits per heavy atom. The van der Waals surface area contributed by atoms with Crippen LogP contribution in [0.3, 0.4) is 0 Å². The van der Waals surface area contributed by atoms with Gasteiger partial charge in [0, 0.05) is 22.1 Å². The van der Waals surface area contributed by atoms with E-state index in [-0.39, 0.29) is 0 Å². The van der Waals surface area contributed by atoms with Crippen molar-refractivity contribution in [2.24, 2.45) is 0 Å². The third kappa shape index (κ3) is 4.87. The van der Waals surface area contributed by atoms with Gasteiger partial charge < -0.3 is 0 Å². The highest BCUT2D eigenvalue weighted by atomic mass is 15.0. The van der Waals surface area contributed by atoms with Crippen LogP contribution in [0.15, 0.2) is 158 Å². The minimum absolute atomic E-state index is 0.621. The van der Waals surface area contributed by atoms with Gasteiger partial charge in [0.15, 0.2) is 17.5 Å². The molecule has 0 spiro atoms. The zero-order valence-corrected chi connectivity index (χ0v) is 24.8. The summed E-state index contributed by atoms with van der Waals surface area (Å²) in [6, 6.07) is 55.9. The predicted octanol–water partition coefficient (Wildman–Crippen LogP) is 10.4. The Bertz CT molecular complexity index is 2350. The molecule has 8 aromatic rings. The molecule has 4 nitrogen and oxygen atoms in total. The maximum atomic E-state index is 9.79. The fourth-order valence-electron chi connectivity index (χ4n) is 6.17. The topological polar surface area (TPSA) is 62.5 Å². The van der Waals surface area contributed by atoms with Crippen molar-refractivity contribution in [1.29, 1.82) is 5.26 Å². The molecule has 0 unspecified atom stereocenters. The molecule has 46 heavy (non-hydrogen) atoms. The molecule has 7 aromatic carbocycles. The van der Waals surface area contributed by atoms with Crippen LogP contribution in [0, 0.1) is 11.3 Å². The van der Waals surface area contributed by atoms with E-state index < -0.39 is 0 Å². The lowest BCUT2D eigenvalue weighted by molar-refractivity contribution is 1.07. The van der Waals surface area contributed by atoms with Crippen LogP contribution >= 0.6 is 0 Å². The molecule has 0 radical (unpaired) electrons. The van der Waals surface area contributed by atoms with Gasteiger partial charge in [-0.3, -0.25) is 0 Å². The van der Waals surface area contributed by atoms with E-state index in [1.54, 1.807) is 0 Å². The van der Waals surface area contributed by atoms with Gasteiger partial charge in [-0.25, -0.2) is 15.0 Å². The Kier molecular flexibility index (Phi) is 6.83. The lowest BCUT2D eigenvalue weighted by Gasteiger charge is -2.16. The van der Waals surface area contributed by atoms with E-state index in [4.69, 9.17) is 15.0 Å². The summed E-state index contributed by atoms with van der Waals surface area (Å²) in [6.07, 6.45) is 0. The van der Waals surface area contributed by atoms with E-state index in [0.29, 0.717) is 23.0 Å². The van der Waals surface area contributed by atoms with Crippen LogP contribution in [-0.2, 0) is 0 Å². The molecule has 0 aliphatic heterocycles. The molecule has 0 atom stereocenters. The van der Waals surface area contributed by atoms with E-state index in [1.165, 1.54) is 10.8 Å². The Hall–Kier alpha value is -6.44. The molecule has 0 saturated carbocycles. The first-order valence-corrected chi connectivity index (χ1v) is 15.2. The number of nitriles is 1. The summed E-state index contributed by atoms with van der Waals surface area (Å²) in [5.41, 5.74) is 7.90. The maximum Gasteiger partial charge on any atom is 0.164 e. The van der Waals surface area contributed by atoms with Crippen molar-refractivity contribution in [3.63, 3.8) is 0 Å². The lowest BCUT2D eigenvalue weighted by Crippen LogP contribution is -2.00. The minimum Gasteiger partial charge on any atom is -0.208 e. The number of benzene rings is 7. The van der Waals surface area contributed by atoms with Crippen LogP contribution in [0.1, 0.15) is 5.56 Å². The molecule has 0 saturated heterocycles. The smallest absolute Gasteiger partial charge is 0.164 e. The first-order valence-electron chi connectivity index (χ1n) is 15.2. The predicted molar refractivity (Wildman–Crippen MR) is 187 cm³/mol. The fraction of sp³-hybridized carbons (Fsp3) is 0. The first kappa shape index (κ1) is 27.1. The number of rotatable bonds is 5. The summed E-state index contributed by atoms with van der Waals surface area (Å²) in [5, 5.41) is 14.1. The first-order chi connectivity index (χ1) is 22.8. The average molecular weight is 587 g/mol. The van der Waals surface area contributed by atoms with Crippen LogP contribution < -0.4 is 0 Å². The molecule has 4 heteroatoms. The van der Waals surface area contributed by atoms with E-state index in [9.17, 15) is 5.26 Å². The molecule has 0 amide bonds. The normalized spacial score (nSPS) is 11.0. The number of nitrogens with zero attached hydrogens (tertiary/aromatic N) is 4. The SMILES string of the molecule is N#Cc1cccc2c(-c3ccc4ccccc4c3-c3ccc(-c4nc(-c5ccccc5)nc(-c5ccccc5)n4)cc3)cccc12. The van der Waals surface area contributed by atoms with Gasteiger partial charge in [-0.1, -0.05) is 152 Å². The van der Waals surface area contributed by atoms with Crippen molar-refractivity contribution in [2.75, 3.05) is 0 Å². The standard InChI is InChI=1S/C42H26N4/c43-27-33-16-9-19-36-34(33)18-10-20-37(36)38-26-25-28-11-7-8-17-35(28)39(38)29-21-23-32(24-22-29)42-45-40(30-12-3-1-4-13-30)44-41(46-42)31-14-5-2-6-15-31/h1-26H. The highest BCUT2D eigenvalue weighted by molar-refractivity contribution is 6.09. The fourth-order valence-corrected chi connectivity index (χ4v) is 6.17. The van der Waals surface area contributed by atoms with E-state index in [2.05, 4.69) is 78.9 Å². The summed E-state index contributed by atoms with van der Waals surface area (Å²) in [4.78, 5) is 14.7. The third-order valence-electron chi connectivity index (χ3n) is 8.39. The molecule has 1 heterocycles. The van der Waals surface area contributed by atoms with Gasteiger partial charge in [0.2, 0.25) is 0 Å². The number of fused-ring (bicyclic) bond motifs is 2. The van der Waals surface area contributed by atoms with Gasteiger partial charge in [-0.05, 0) is 44.5 Å². The molecule has 0 bridgehead atoms. The van der Waals surface area contributed by atoms with Gasteiger partial charge in [0.05, 0.1) is 11.6 Å². The van der Waals surface area contributed by atoms with Crippen LogP contribution in [0.25, 0.3) is 78.0 Å². The third-order valence-corrected chi connectivity index (χ3v) is 8.39. The van der Waals surface area contributed by atoms with Crippen molar-refractivity contribution in [1.82, 2.24) is 15.0 Å². The van der Waals surface area contributed by atoms with Crippen LogP contribution in [-0.4, -0.2) is 15.0 Å². The minimum atomic E-state index is 0.621. The number of hydrogen-bond acceptors (Lipinski definition) is 4. The quantitative estimate of drug-likeness (QED) is 0.201. The van der Waals surface area contributed by atoms with E-state index >= 15 is 0 Å². The van der Waals surface area contributed by atoms with Gasteiger partial charge in [-0.2, -0.15) is 5.26 Å². The average Bonchev–Trinajstić information content (AvgIpc) is 3.14. The van der Waals surface area contributed by atoms with Gasteiger partial charge in [0.1, 0.15) is 0 Å². The molecular formula is C42H26N4. The molecule has 1 aromatic heterocycles. The summed E-state index contributed by atoms with van der Waals surface area (Å²) >= 11 is 0. The second kappa shape index (κ2) is 11.6. The van der Waals surface area contributed by atoms with Crippen molar-refractivity contribution in [2.45, 2.75) is 0 Å². The lowest BCUT2D eigenvalue weighted by atomic mass is 9.87. The zero-order valence-electron chi connectivity index (χ0n) is 24.8. The van der Waals surface area contributed by atoms with Crippen LogP contribution in [0.2, 0.25) is 0 Å². The van der Waals surface area contributed by atoms with Crippen molar-refractivity contribution in [3.8, 4) is 62.5 Å². The summed E-state index contributed by atoms with van der Waals surface area (Å²) in [6.45, 7) is 0. The molecule has 0 aliphatic rings. The molecule has 8 rings (SSSR count). The summed E-state index contributed by atoms with van der Waals surface area (Å²) in [7, 11) is 0. The van der Waals surface area contributed by atoms with Gasteiger partial charge in [-0.15, -0.1) is 0 Å². The van der Waals surface area contributed by atoms with Crippen LogP contribution in [0.4, 0.5) is 0 Å². The van der Waals surface area contributed by atoms with E-state index in [0.717, 1.165) is 49.7 Å². The highest BCUT2D eigenvalue weighted by Crippen LogP contribution is 2.41. The van der Waals surface area contributed by atoms with Crippen molar-refractivity contribution in [3.05, 3.63) is 163 Å². The maximum absolute atomic E-state index is 9.79. The van der Waals surface area contributed by atoms with Crippen molar-refractivity contribution < 1.29 is 0 Å². The Morgan fingerprint density at radius 2 is 0.891 bits per heavy atom. The molecule has 0 N–H and O–H groups in total. The van der Waals surface area contributed by atoms with Gasteiger partial charge >= 0.3 is 0 Å². The van der Waals surface area contributed by atoms with Gasteiger partial charge in [0.25, 0.3) is 0 Å². The zero-order chi connectivity index (χ0) is 30.9. The Balaban J connectivity index is 1.29. The number of hydrogen-bond donors (Lipinski definition) is 0. The second-order valence-electron chi connectivity index (χ2n) is 11.1. The molecule has 214 valence electrons. The molecular weight excluding hydrogens is 560 g/mol.